The van der Waals surface area contributed by atoms with Gasteiger partial charge in [0, 0.05) is 13.2 Å². The average molecular weight is 265 g/mol. The minimum Gasteiger partial charge on any atom is -0.464 e. The Labute approximate surface area is 115 Å². The molecule has 0 aromatic heterocycles. The molecule has 1 aromatic carbocycles. The molecule has 0 saturated heterocycles. The zero-order chi connectivity index (χ0) is 13.9. The van der Waals surface area contributed by atoms with Crippen molar-refractivity contribution in [3.8, 4) is 0 Å². The predicted molar refractivity (Wildman–Crippen MR) is 74.8 cm³/mol. The summed E-state index contributed by atoms with van der Waals surface area (Å²) in [5.41, 5.74) is 1.27. The number of esters is 1. The quantitative estimate of drug-likeness (QED) is 0.549. The van der Waals surface area contributed by atoms with E-state index in [0.717, 1.165) is 19.5 Å². The van der Waals surface area contributed by atoms with Crippen LogP contribution in [0.2, 0.25) is 0 Å². The molecule has 1 N–H and O–H groups in total. The third-order valence-corrected chi connectivity index (χ3v) is 2.66. The number of carbonyl (C=O) groups excluding carboxylic acids is 1. The lowest BCUT2D eigenvalue weighted by Crippen LogP contribution is -2.25. The molecule has 0 radical (unpaired) electrons. The highest BCUT2D eigenvalue weighted by Gasteiger charge is 2.13. The number of carbonyl (C=O) groups is 1. The molecule has 1 aromatic rings. The Balaban J connectivity index is 2.01. The summed E-state index contributed by atoms with van der Waals surface area (Å²) in [6, 6.07) is 10.2. The molecule has 1 unspecified atom stereocenters. The normalized spacial score (nSPS) is 12.1. The Kier molecular flexibility index (Phi) is 7.86. The van der Waals surface area contributed by atoms with Crippen molar-refractivity contribution in [1.29, 1.82) is 0 Å². The lowest BCUT2D eigenvalue weighted by molar-refractivity contribution is -0.155. The number of hydrogen-bond donors (Lipinski definition) is 1. The zero-order valence-electron chi connectivity index (χ0n) is 11.7. The maximum absolute atomic E-state index is 11.3. The first-order valence-electron chi connectivity index (χ1n) is 6.77. The van der Waals surface area contributed by atoms with Crippen molar-refractivity contribution in [2.24, 2.45) is 0 Å². The fraction of sp³-hybridized carbons (Fsp3) is 0.533. The standard InChI is InChI=1S/C15H23NO3/c1-3-18-15(17)13(2)19-11-7-10-16-12-14-8-5-4-6-9-14/h4-6,8-9,13,16H,3,7,10-12H2,1-2H3. The Hall–Kier alpha value is -1.39. The first kappa shape index (κ1) is 15.7. The molecule has 4 heteroatoms. The van der Waals surface area contributed by atoms with Crippen molar-refractivity contribution in [2.75, 3.05) is 19.8 Å². The average Bonchev–Trinajstić information content (AvgIpc) is 2.43. The summed E-state index contributed by atoms with van der Waals surface area (Å²) in [7, 11) is 0. The van der Waals surface area contributed by atoms with Gasteiger partial charge in [-0.05, 0) is 32.4 Å². The van der Waals surface area contributed by atoms with E-state index >= 15 is 0 Å². The SMILES string of the molecule is CCOC(=O)C(C)OCCCNCc1ccccc1. The molecule has 0 saturated carbocycles. The number of hydrogen-bond acceptors (Lipinski definition) is 4. The molecule has 0 aliphatic rings. The summed E-state index contributed by atoms with van der Waals surface area (Å²) in [6.07, 6.45) is 0.394. The molecule has 0 aliphatic heterocycles. The topological polar surface area (TPSA) is 47.6 Å². The molecule has 0 bridgehead atoms. The van der Waals surface area contributed by atoms with E-state index in [0.29, 0.717) is 13.2 Å². The molecule has 4 nitrogen and oxygen atoms in total. The van der Waals surface area contributed by atoms with Gasteiger partial charge in [-0.2, -0.15) is 0 Å². The van der Waals surface area contributed by atoms with Crippen molar-refractivity contribution in [3.63, 3.8) is 0 Å². The highest BCUT2D eigenvalue weighted by molar-refractivity contribution is 5.74. The Morgan fingerprint density at radius 3 is 2.74 bits per heavy atom. The van der Waals surface area contributed by atoms with Crippen LogP contribution >= 0.6 is 0 Å². The van der Waals surface area contributed by atoms with Gasteiger partial charge in [0.25, 0.3) is 0 Å². The highest BCUT2D eigenvalue weighted by atomic mass is 16.6. The summed E-state index contributed by atoms with van der Waals surface area (Å²) in [5, 5.41) is 3.33. The van der Waals surface area contributed by atoms with Gasteiger partial charge in [-0.3, -0.25) is 0 Å². The van der Waals surface area contributed by atoms with Crippen LogP contribution in [-0.2, 0) is 20.8 Å². The molecule has 0 spiro atoms. The van der Waals surface area contributed by atoms with Crippen molar-refractivity contribution in [2.45, 2.75) is 32.9 Å². The third kappa shape index (κ3) is 6.94. The molecule has 0 fully saturated rings. The summed E-state index contributed by atoms with van der Waals surface area (Å²) in [4.78, 5) is 11.3. The van der Waals surface area contributed by atoms with Crippen molar-refractivity contribution >= 4 is 5.97 Å². The fourth-order valence-corrected chi connectivity index (χ4v) is 1.61. The Bertz CT molecular complexity index is 354. The van der Waals surface area contributed by atoms with Crippen molar-refractivity contribution in [3.05, 3.63) is 35.9 Å². The monoisotopic (exact) mass is 265 g/mol. The van der Waals surface area contributed by atoms with Crippen LogP contribution in [0.4, 0.5) is 0 Å². The minimum absolute atomic E-state index is 0.292. The number of ether oxygens (including phenoxy) is 2. The van der Waals surface area contributed by atoms with E-state index in [2.05, 4.69) is 17.4 Å². The molecule has 0 heterocycles. The molecule has 0 aliphatic carbocycles. The summed E-state index contributed by atoms with van der Waals surface area (Å²) < 4.78 is 10.3. The molecular formula is C15H23NO3. The van der Waals surface area contributed by atoms with E-state index in [9.17, 15) is 4.79 Å². The predicted octanol–water partition coefficient (Wildman–Crippen LogP) is 2.13. The van der Waals surface area contributed by atoms with Gasteiger partial charge in [-0.25, -0.2) is 4.79 Å². The van der Waals surface area contributed by atoms with E-state index in [4.69, 9.17) is 9.47 Å². The van der Waals surface area contributed by atoms with Gasteiger partial charge in [0.15, 0.2) is 6.10 Å². The molecule has 106 valence electrons. The summed E-state index contributed by atoms with van der Waals surface area (Å²) >= 11 is 0. The first-order chi connectivity index (χ1) is 9.24. The van der Waals surface area contributed by atoms with E-state index in [-0.39, 0.29) is 5.97 Å². The van der Waals surface area contributed by atoms with Crippen LogP contribution in [0.1, 0.15) is 25.8 Å². The van der Waals surface area contributed by atoms with Crippen LogP contribution in [0.5, 0.6) is 0 Å². The Morgan fingerprint density at radius 1 is 1.32 bits per heavy atom. The number of rotatable bonds is 9. The van der Waals surface area contributed by atoms with Gasteiger partial charge >= 0.3 is 5.97 Å². The second-order valence-corrected chi connectivity index (χ2v) is 4.28. The van der Waals surface area contributed by atoms with Gasteiger partial charge in [0.2, 0.25) is 0 Å². The van der Waals surface area contributed by atoms with Crippen LogP contribution in [0, 0.1) is 0 Å². The van der Waals surface area contributed by atoms with Crippen molar-refractivity contribution in [1.82, 2.24) is 5.32 Å². The Morgan fingerprint density at radius 2 is 2.05 bits per heavy atom. The lowest BCUT2D eigenvalue weighted by atomic mass is 10.2. The number of nitrogens with one attached hydrogen (secondary N) is 1. The van der Waals surface area contributed by atoms with E-state index < -0.39 is 6.10 Å². The molecule has 19 heavy (non-hydrogen) atoms. The van der Waals surface area contributed by atoms with Gasteiger partial charge in [0.05, 0.1) is 6.61 Å². The van der Waals surface area contributed by atoms with Crippen molar-refractivity contribution < 1.29 is 14.3 Å². The van der Waals surface area contributed by atoms with E-state index in [1.54, 1.807) is 13.8 Å². The molecular weight excluding hydrogens is 242 g/mol. The van der Waals surface area contributed by atoms with Gasteiger partial charge < -0.3 is 14.8 Å². The first-order valence-corrected chi connectivity index (χ1v) is 6.77. The van der Waals surface area contributed by atoms with E-state index in [1.807, 2.05) is 18.2 Å². The largest absolute Gasteiger partial charge is 0.464 e. The van der Waals surface area contributed by atoms with Crippen LogP contribution < -0.4 is 5.32 Å². The molecule has 1 rings (SSSR count). The van der Waals surface area contributed by atoms with Crippen LogP contribution in [0.25, 0.3) is 0 Å². The maximum atomic E-state index is 11.3. The minimum atomic E-state index is -0.478. The van der Waals surface area contributed by atoms with Crippen LogP contribution in [0.15, 0.2) is 30.3 Å². The van der Waals surface area contributed by atoms with Crippen LogP contribution in [0.3, 0.4) is 0 Å². The van der Waals surface area contributed by atoms with Gasteiger partial charge in [-0.1, -0.05) is 30.3 Å². The maximum Gasteiger partial charge on any atom is 0.334 e. The summed E-state index contributed by atoms with van der Waals surface area (Å²) in [6.45, 7) is 6.18. The summed E-state index contributed by atoms with van der Waals surface area (Å²) in [5.74, 6) is -0.292. The number of benzene rings is 1. The smallest absolute Gasteiger partial charge is 0.334 e. The lowest BCUT2D eigenvalue weighted by Gasteiger charge is -2.11. The zero-order valence-corrected chi connectivity index (χ0v) is 11.7. The van der Waals surface area contributed by atoms with Gasteiger partial charge in [-0.15, -0.1) is 0 Å². The third-order valence-electron chi connectivity index (χ3n) is 2.66. The fourth-order valence-electron chi connectivity index (χ4n) is 1.61. The second-order valence-electron chi connectivity index (χ2n) is 4.28. The molecule has 1 atom stereocenters. The van der Waals surface area contributed by atoms with Crippen LogP contribution in [-0.4, -0.2) is 31.8 Å². The highest BCUT2D eigenvalue weighted by Crippen LogP contribution is 1.98. The second kappa shape index (κ2) is 9.53. The van der Waals surface area contributed by atoms with E-state index in [1.165, 1.54) is 5.56 Å². The molecule has 0 amide bonds. The van der Waals surface area contributed by atoms with Gasteiger partial charge in [0.1, 0.15) is 0 Å².